The van der Waals surface area contributed by atoms with Crippen LogP contribution in [0.25, 0.3) is 10.8 Å². The molecule has 29 heavy (non-hydrogen) atoms. The second kappa shape index (κ2) is 8.63. The Labute approximate surface area is 169 Å². The molecular weight excluding hydrogens is 392 g/mol. The maximum atomic E-state index is 12.3. The lowest BCUT2D eigenvalue weighted by Crippen LogP contribution is -2.18. The van der Waals surface area contributed by atoms with Crippen LogP contribution in [-0.2, 0) is 14.9 Å². The fourth-order valence-corrected chi connectivity index (χ4v) is 3.72. The summed E-state index contributed by atoms with van der Waals surface area (Å²) in [5.74, 6) is 0.327. The number of fused-ring (bicyclic) bond motifs is 1. The van der Waals surface area contributed by atoms with Gasteiger partial charge in [0, 0.05) is 5.39 Å². The molecule has 0 fully saturated rings. The van der Waals surface area contributed by atoms with Crippen LogP contribution < -0.4 is 9.47 Å². The first-order valence-corrected chi connectivity index (χ1v) is 10.7. The number of rotatable bonds is 7. The third-order valence-corrected chi connectivity index (χ3v) is 5.64. The summed E-state index contributed by atoms with van der Waals surface area (Å²) in [6.45, 7) is 3.91. The van der Waals surface area contributed by atoms with Gasteiger partial charge >= 0.3 is 5.97 Å². The monoisotopic (exact) mass is 414 g/mol. The molecule has 0 aliphatic carbocycles. The van der Waals surface area contributed by atoms with Crippen molar-refractivity contribution in [3.63, 3.8) is 0 Å². The molecular formula is C22H22O6S. The molecule has 0 aromatic heterocycles. The van der Waals surface area contributed by atoms with Crippen molar-refractivity contribution >= 4 is 26.9 Å². The molecule has 1 N–H and O–H groups in total. The molecule has 3 aromatic carbocycles. The summed E-state index contributed by atoms with van der Waals surface area (Å²) in [5, 5.41) is 0.663. The molecule has 0 radical (unpaired) electrons. The van der Waals surface area contributed by atoms with Crippen LogP contribution in [0, 0.1) is 0 Å². The molecule has 3 aromatic rings. The van der Waals surface area contributed by atoms with Crippen molar-refractivity contribution < 1.29 is 27.2 Å². The van der Waals surface area contributed by atoms with Crippen LogP contribution in [0.3, 0.4) is 0 Å². The lowest BCUT2D eigenvalue weighted by Gasteiger charge is -2.12. The average molecular weight is 414 g/mol. The molecule has 3 rings (SSSR count). The predicted octanol–water partition coefficient (Wildman–Crippen LogP) is 4.58. The number of ether oxygens (including phenoxy) is 2. The van der Waals surface area contributed by atoms with E-state index < -0.39 is 16.1 Å². The molecule has 0 bridgehead atoms. The molecule has 0 aliphatic heterocycles. The van der Waals surface area contributed by atoms with Crippen molar-refractivity contribution in [2.75, 3.05) is 6.61 Å². The molecule has 0 amide bonds. The average Bonchev–Trinajstić information content (AvgIpc) is 2.71. The van der Waals surface area contributed by atoms with E-state index in [1.807, 2.05) is 12.1 Å². The maximum absolute atomic E-state index is 12.3. The summed E-state index contributed by atoms with van der Waals surface area (Å²) in [4.78, 5) is 11.9. The highest BCUT2D eigenvalue weighted by Gasteiger charge is 2.19. The first-order chi connectivity index (χ1) is 13.8. The van der Waals surface area contributed by atoms with Gasteiger partial charge in [-0.25, -0.2) is 4.79 Å². The summed E-state index contributed by atoms with van der Waals surface area (Å²) >= 11 is 0. The number of hydrogen-bond donors (Lipinski definition) is 1. The Morgan fingerprint density at radius 3 is 2.31 bits per heavy atom. The van der Waals surface area contributed by atoms with Crippen molar-refractivity contribution in [3.05, 3.63) is 66.2 Å². The van der Waals surface area contributed by atoms with Crippen molar-refractivity contribution in [2.24, 2.45) is 0 Å². The van der Waals surface area contributed by atoms with Gasteiger partial charge < -0.3 is 9.47 Å². The van der Waals surface area contributed by atoms with E-state index in [-0.39, 0.29) is 22.6 Å². The highest BCUT2D eigenvalue weighted by atomic mass is 32.2. The van der Waals surface area contributed by atoms with Gasteiger partial charge in [-0.1, -0.05) is 50.2 Å². The summed E-state index contributed by atoms with van der Waals surface area (Å²) in [5.41, 5.74) is 1.19. The van der Waals surface area contributed by atoms with Gasteiger partial charge in [-0.3, -0.25) is 4.55 Å². The Morgan fingerprint density at radius 2 is 1.69 bits per heavy atom. The van der Waals surface area contributed by atoms with Crippen molar-refractivity contribution in [1.29, 1.82) is 0 Å². The van der Waals surface area contributed by atoms with Crippen molar-refractivity contribution in [3.8, 4) is 11.5 Å². The zero-order chi connectivity index (χ0) is 21.0. The van der Waals surface area contributed by atoms with E-state index >= 15 is 0 Å². The molecule has 6 nitrogen and oxygen atoms in total. The van der Waals surface area contributed by atoms with Gasteiger partial charge in [-0.15, -0.1) is 0 Å². The fourth-order valence-electron chi connectivity index (χ4n) is 3.00. The molecule has 7 heteroatoms. The Bertz CT molecular complexity index is 1110. The Morgan fingerprint density at radius 1 is 1.03 bits per heavy atom. The minimum atomic E-state index is -4.48. The van der Waals surface area contributed by atoms with E-state index in [1.54, 1.807) is 30.3 Å². The standard InChI is InChI=1S/C22H22O6S/c1-3-15(2)16-10-12-18(13-11-16)27-14-21(23)28-19-8-4-6-17-7-5-9-20(22(17)19)29(24,25)26/h4-13,15H,3,14H2,1-2H3,(H,24,25,26). The lowest BCUT2D eigenvalue weighted by atomic mass is 9.99. The van der Waals surface area contributed by atoms with Crippen LogP contribution in [-0.4, -0.2) is 25.5 Å². The van der Waals surface area contributed by atoms with E-state index in [1.165, 1.54) is 23.8 Å². The minimum absolute atomic E-state index is 0.0384. The van der Waals surface area contributed by atoms with Gasteiger partial charge in [0.15, 0.2) is 6.61 Å². The van der Waals surface area contributed by atoms with Crippen LogP contribution in [0.4, 0.5) is 0 Å². The van der Waals surface area contributed by atoms with Crippen LogP contribution in [0.1, 0.15) is 31.7 Å². The Balaban J connectivity index is 1.75. The third kappa shape index (κ3) is 4.93. The van der Waals surface area contributed by atoms with Crippen LogP contribution in [0.15, 0.2) is 65.6 Å². The number of benzene rings is 3. The summed E-state index contributed by atoms with van der Waals surface area (Å²) in [6, 6.07) is 16.7. The number of carbonyl (C=O) groups excluding carboxylic acids is 1. The van der Waals surface area contributed by atoms with Gasteiger partial charge in [0.05, 0.1) is 0 Å². The first kappa shape index (κ1) is 20.8. The molecule has 0 heterocycles. The second-order valence-electron chi connectivity index (χ2n) is 6.73. The normalized spacial score (nSPS) is 12.5. The van der Waals surface area contributed by atoms with Crippen LogP contribution >= 0.6 is 0 Å². The highest BCUT2D eigenvalue weighted by Crippen LogP contribution is 2.32. The third-order valence-electron chi connectivity index (χ3n) is 4.75. The topological polar surface area (TPSA) is 89.9 Å². The quantitative estimate of drug-likeness (QED) is 0.346. The lowest BCUT2D eigenvalue weighted by molar-refractivity contribution is -0.136. The molecule has 152 valence electrons. The zero-order valence-electron chi connectivity index (χ0n) is 16.2. The highest BCUT2D eigenvalue weighted by molar-refractivity contribution is 7.86. The molecule has 0 saturated heterocycles. The van der Waals surface area contributed by atoms with Gasteiger partial charge in [-0.05, 0) is 47.6 Å². The zero-order valence-corrected chi connectivity index (χ0v) is 17.0. The first-order valence-electron chi connectivity index (χ1n) is 9.22. The number of carbonyl (C=O) groups is 1. The Kier molecular flexibility index (Phi) is 6.20. The predicted molar refractivity (Wildman–Crippen MR) is 110 cm³/mol. The largest absolute Gasteiger partial charge is 0.482 e. The van der Waals surface area contributed by atoms with E-state index in [4.69, 9.17) is 9.47 Å². The summed E-state index contributed by atoms with van der Waals surface area (Å²) in [7, 11) is -4.48. The van der Waals surface area contributed by atoms with E-state index in [9.17, 15) is 17.8 Å². The van der Waals surface area contributed by atoms with Crippen molar-refractivity contribution in [1.82, 2.24) is 0 Å². The second-order valence-corrected chi connectivity index (χ2v) is 8.12. The van der Waals surface area contributed by atoms with Gasteiger partial charge in [-0.2, -0.15) is 8.42 Å². The van der Waals surface area contributed by atoms with Crippen LogP contribution in [0.2, 0.25) is 0 Å². The van der Waals surface area contributed by atoms with Gasteiger partial charge in [0.1, 0.15) is 16.4 Å². The number of hydrogen-bond acceptors (Lipinski definition) is 5. The van der Waals surface area contributed by atoms with E-state index in [0.717, 1.165) is 6.42 Å². The van der Waals surface area contributed by atoms with E-state index in [2.05, 4.69) is 13.8 Å². The summed E-state index contributed by atoms with van der Waals surface area (Å²) in [6.07, 6.45) is 1.03. The maximum Gasteiger partial charge on any atom is 0.349 e. The molecule has 0 aliphatic rings. The van der Waals surface area contributed by atoms with Gasteiger partial charge in [0.2, 0.25) is 0 Å². The Hall–Kier alpha value is -2.90. The van der Waals surface area contributed by atoms with Crippen LogP contribution in [0.5, 0.6) is 11.5 Å². The number of esters is 1. The summed E-state index contributed by atoms with van der Waals surface area (Å²) < 4.78 is 43.7. The SMILES string of the molecule is CCC(C)c1ccc(OCC(=O)Oc2cccc3cccc(S(=O)(=O)O)c23)cc1. The van der Waals surface area contributed by atoms with Gasteiger partial charge in [0.25, 0.3) is 10.1 Å². The van der Waals surface area contributed by atoms with Crippen molar-refractivity contribution in [2.45, 2.75) is 31.1 Å². The van der Waals surface area contributed by atoms with E-state index in [0.29, 0.717) is 17.1 Å². The fraction of sp³-hybridized carbons (Fsp3) is 0.227. The molecule has 0 spiro atoms. The molecule has 1 unspecified atom stereocenters. The minimum Gasteiger partial charge on any atom is -0.482 e. The smallest absolute Gasteiger partial charge is 0.349 e. The molecule has 0 saturated carbocycles. The molecule has 1 atom stereocenters.